The van der Waals surface area contributed by atoms with Crippen LogP contribution in [0.1, 0.15) is 31.1 Å². The first kappa shape index (κ1) is 15.3. The lowest BCUT2D eigenvalue weighted by atomic mass is 10.1. The normalized spacial score (nSPS) is 11.9. The zero-order chi connectivity index (χ0) is 14.3. The van der Waals surface area contributed by atoms with Crippen LogP contribution in [0.4, 0.5) is 11.4 Å². The van der Waals surface area contributed by atoms with Gasteiger partial charge < -0.3 is 20.5 Å². The first-order valence-electron chi connectivity index (χ1n) is 6.50. The molecular weight excluding hydrogens is 244 g/mol. The molecule has 5 heteroatoms. The van der Waals surface area contributed by atoms with Crippen molar-refractivity contribution in [2.24, 2.45) is 0 Å². The molecule has 0 amide bonds. The highest BCUT2D eigenvalue weighted by Crippen LogP contribution is 2.25. The monoisotopic (exact) mass is 266 g/mol. The lowest BCUT2D eigenvalue weighted by Gasteiger charge is -2.19. The van der Waals surface area contributed by atoms with Gasteiger partial charge in [-0.1, -0.05) is 6.07 Å². The van der Waals surface area contributed by atoms with Crippen molar-refractivity contribution >= 4 is 17.3 Å². The molecule has 0 spiro atoms. The zero-order valence-electron chi connectivity index (χ0n) is 11.7. The van der Waals surface area contributed by atoms with Crippen LogP contribution in [0.15, 0.2) is 18.2 Å². The number of nitrogen functional groups attached to an aromatic ring is 1. The number of nitrogens with one attached hydrogen (secondary N) is 1. The molecule has 0 saturated carbocycles. The fourth-order valence-electron chi connectivity index (χ4n) is 1.69. The van der Waals surface area contributed by atoms with Gasteiger partial charge in [0, 0.05) is 12.6 Å². The number of rotatable bonds is 7. The molecule has 0 aromatic heterocycles. The van der Waals surface area contributed by atoms with E-state index in [-0.39, 0.29) is 12.0 Å². The Morgan fingerprint density at radius 2 is 2.11 bits per heavy atom. The van der Waals surface area contributed by atoms with E-state index in [4.69, 9.17) is 15.2 Å². The first-order chi connectivity index (χ1) is 9.10. The molecule has 3 N–H and O–H groups in total. The van der Waals surface area contributed by atoms with Gasteiger partial charge in [-0.25, -0.2) is 4.79 Å². The van der Waals surface area contributed by atoms with Gasteiger partial charge in [0.25, 0.3) is 0 Å². The van der Waals surface area contributed by atoms with Crippen molar-refractivity contribution in [1.82, 2.24) is 0 Å². The van der Waals surface area contributed by atoms with E-state index < -0.39 is 0 Å². The van der Waals surface area contributed by atoms with E-state index in [0.717, 1.165) is 0 Å². The van der Waals surface area contributed by atoms with Gasteiger partial charge in [-0.15, -0.1) is 0 Å². The third-order valence-electron chi connectivity index (χ3n) is 2.55. The molecule has 1 atom stereocenters. The van der Waals surface area contributed by atoms with Gasteiger partial charge >= 0.3 is 5.97 Å². The van der Waals surface area contributed by atoms with E-state index in [1.165, 1.54) is 0 Å². The summed E-state index contributed by atoms with van der Waals surface area (Å²) >= 11 is 0. The molecule has 0 saturated heterocycles. The number of nitrogens with two attached hydrogens (primary N) is 1. The molecule has 1 rings (SSSR count). The molecule has 0 aliphatic carbocycles. The Balaban J connectivity index is 2.88. The van der Waals surface area contributed by atoms with E-state index in [2.05, 4.69) is 5.32 Å². The molecule has 106 valence electrons. The van der Waals surface area contributed by atoms with E-state index >= 15 is 0 Å². The lowest BCUT2D eigenvalue weighted by molar-refractivity contribution is 0.0527. The van der Waals surface area contributed by atoms with Crippen molar-refractivity contribution in [3.63, 3.8) is 0 Å². The summed E-state index contributed by atoms with van der Waals surface area (Å²) in [5, 5.41) is 3.20. The minimum atomic E-state index is -0.374. The van der Waals surface area contributed by atoms with Crippen LogP contribution in [0.5, 0.6) is 0 Å². The summed E-state index contributed by atoms with van der Waals surface area (Å²) in [6.07, 6.45) is 0. The SMILES string of the molecule is CCOCC(C)Nc1c(N)cccc1C(=O)OCC. The Kier molecular flexibility index (Phi) is 6.15. The Morgan fingerprint density at radius 3 is 2.74 bits per heavy atom. The predicted molar refractivity (Wildman–Crippen MR) is 76.4 cm³/mol. The fourth-order valence-corrected chi connectivity index (χ4v) is 1.69. The van der Waals surface area contributed by atoms with Gasteiger partial charge in [-0.05, 0) is 32.9 Å². The van der Waals surface area contributed by atoms with Crippen molar-refractivity contribution in [3.8, 4) is 0 Å². The second kappa shape index (κ2) is 7.63. The van der Waals surface area contributed by atoms with Gasteiger partial charge in [0.15, 0.2) is 0 Å². The van der Waals surface area contributed by atoms with Crippen molar-refractivity contribution in [2.45, 2.75) is 26.8 Å². The lowest BCUT2D eigenvalue weighted by Crippen LogP contribution is -2.24. The van der Waals surface area contributed by atoms with Gasteiger partial charge in [0.1, 0.15) is 0 Å². The second-order valence-corrected chi connectivity index (χ2v) is 4.20. The van der Waals surface area contributed by atoms with Crippen LogP contribution in [0, 0.1) is 0 Å². The molecular formula is C14H22N2O3. The Hall–Kier alpha value is -1.75. The number of para-hydroxylation sites is 1. The van der Waals surface area contributed by atoms with Gasteiger partial charge in [-0.2, -0.15) is 0 Å². The minimum Gasteiger partial charge on any atom is -0.462 e. The number of benzene rings is 1. The molecule has 19 heavy (non-hydrogen) atoms. The largest absolute Gasteiger partial charge is 0.462 e. The molecule has 1 aromatic rings. The summed E-state index contributed by atoms with van der Waals surface area (Å²) in [5.74, 6) is -0.374. The number of ether oxygens (including phenoxy) is 2. The topological polar surface area (TPSA) is 73.6 Å². The zero-order valence-corrected chi connectivity index (χ0v) is 11.7. The predicted octanol–water partition coefficient (Wildman–Crippen LogP) is 2.28. The maximum absolute atomic E-state index is 11.9. The van der Waals surface area contributed by atoms with E-state index in [1.807, 2.05) is 13.8 Å². The number of carbonyl (C=O) groups excluding carboxylic acids is 1. The third-order valence-corrected chi connectivity index (χ3v) is 2.55. The van der Waals surface area contributed by atoms with E-state index in [9.17, 15) is 4.79 Å². The highest BCUT2D eigenvalue weighted by molar-refractivity contribution is 5.98. The van der Waals surface area contributed by atoms with Crippen LogP contribution in [-0.2, 0) is 9.47 Å². The summed E-state index contributed by atoms with van der Waals surface area (Å²) < 4.78 is 10.4. The fraction of sp³-hybridized carbons (Fsp3) is 0.500. The molecule has 5 nitrogen and oxygen atoms in total. The number of anilines is 2. The minimum absolute atomic E-state index is 0.0535. The van der Waals surface area contributed by atoms with Crippen molar-refractivity contribution in [1.29, 1.82) is 0 Å². The van der Waals surface area contributed by atoms with E-state index in [0.29, 0.717) is 36.8 Å². The number of esters is 1. The summed E-state index contributed by atoms with van der Waals surface area (Å²) in [7, 11) is 0. The Morgan fingerprint density at radius 1 is 1.37 bits per heavy atom. The maximum Gasteiger partial charge on any atom is 0.340 e. The first-order valence-corrected chi connectivity index (χ1v) is 6.50. The second-order valence-electron chi connectivity index (χ2n) is 4.20. The molecule has 0 radical (unpaired) electrons. The average molecular weight is 266 g/mol. The van der Waals surface area contributed by atoms with Crippen molar-refractivity contribution in [3.05, 3.63) is 23.8 Å². The highest BCUT2D eigenvalue weighted by Gasteiger charge is 2.16. The van der Waals surface area contributed by atoms with Crippen molar-refractivity contribution in [2.75, 3.05) is 30.9 Å². The summed E-state index contributed by atoms with van der Waals surface area (Å²) in [6.45, 7) is 7.22. The molecule has 0 fully saturated rings. The standard InChI is InChI=1S/C14H22N2O3/c1-4-18-9-10(3)16-13-11(14(17)19-5-2)7-6-8-12(13)15/h6-8,10,16H,4-5,9,15H2,1-3H3. The summed E-state index contributed by atoms with van der Waals surface area (Å²) in [4.78, 5) is 11.9. The van der Waals surface area contributed by atoms with Gasteiger partial charge in [-0.3, -0.25) is 0 Å². The molecule has 0 aliphatic rings. The summed E-state index contributed by atoms with van der Waals surface area (Å²) in [5.41, 5.74) is 7.50. The molecule has 0 aliphatic heterocycles. The number of carbonyl (C=O) groups is 1. The highest BCUT2D eigenvalue weighted by atomic mass is 16.5. The average Bonchev–Trinajstić information content (AvgIpc) is 2.39. The molecule has 1 aromatic carbocycles. The van der Waals surface area contributed by atoms with Crippen LogP contribution in [0.25, 0.3) is 0 Å². The number of hydrogen-bond donors (Lipinski definition) is 2. The van der Waals surface area contributed by atoms with Crippen molar-refractivity contribution < 1.29 is 14.3 Å². The Bertz CT molecular complexity index is 421. The molecule has 0 heterocycles. The maximum atomic E-state index is 11.9. The van der Waals surface area contributed by atoms with Crippen LogP contribution in [0.3, 0.4) is 0 Å². The third kappa shape index (κ3) is 4.44. The smallest absolute Gasteiger partial charge is 0.340 e. The Labute approximate surface area is 114 Å². The van der Waals surface area contributed by atoms with Gasteiger partial charge in [0.05, 0.1) is 30.2 Å². The quantitative estimate of drug-likeness (QED) is 0.585. The van der Waals surface area contributed by atoms with Crippen LogP contribution < -0.4 is 11.1 Å². The van der Waals surface area contributed by atoms with Crippen LogP contribution >= 0.6 is 0 Å². The van der Waals surface area contributed by atoms with Crippen LogP contribution in [-0.4, -0.2) is 31.8 Å². The number of hydrogen-bond acceptors (Lipinski definition) is 5. The van der Waals surface area contributed by atoms with E-state index in [1.54, 1.807) is 25.1 Å². The molecule has 0 bridgehead atoms. The van der Waals surface area contributed by atoms with Crippen LogP contribution in [0.2, 0.25) is 0 Å². The molecule has 1 unspecified atom stereocenters. The van der Waals surface area contributed by atoms with Gasteiger partial charge in [0.2, 0.25) is 0 Å². The summed E-state index contributed by atoms with van der Waals surface area (Å²) in [6, 6.07) is 5.24.